The zero-order chi connectivity index (χ0) is 23.1. The molecule has 0 spiro atoms. The van der Waals surface area contributed by atoms with Crippen LogP contribution in [0.3, 0.4) is 0 Å². The lowest BCUT2D eigenvalue weighted by Crippen LogP contribution is -2.24. The summed E-state index contributed by atoms with van der Waals surface area (Å²) >= 11 is 0. The van der Waals surface area contributed by atoms with E-state index in [1.54, 1.807) is 20.8 Å². The van der Waals surface area contributed by atoms with E-state index in [0.717, 1.165) is 11.6 Å². The van der Waals surface area contributed by atoms with Gasteiger partial charge in [0.15, 0.2) is 17.3 Å². The highest BCUT2D eigenvalue weighted by molar-refractivity contribution is 5.88. The lowest BCUT2D eigenvalue weighted by Gasteiger charge is -2.19. The fraction of sp³-hybridized carbons (Fsp3) is 0.208. The molecule has 0 atom stereocenters. The molecule has 0 bridgehead atoms. The van der Waals surface area contributed by atoms with Gasteiger partial charge in [0, 0.05) is 24.0 Å². The molecule has 7 nitrogen and oxygen atoms in total. The number of nitrogens with zero attached hydrogens (tertiary/aromatic N) is 1. The second-order valence-corrected chi connectivity index (χ2v) is 7.81. The van der Waals surface area contributed by atoms with Crippen LogP contribution < -0.4 is 10.1 Å². The molecule has 0 fully saturated rings. The van der Waals surface area contributed by atoms with E-state index < -0.39 is 23.5 Å². The number of ether oxygens (including phenoxy) is 3. The lowest BCUT2D eigenvalue weighted by molar-refractivity contribution is 0.00624. The van der Waals surface area contributed by atoms with Gasteiger partial charge in [-0.15, -0.1) is 0 Å². The van der Waals surface area contributed by atoms with E-state index in [0.29, 0.717) is 0 Å². The Hall–Kier alpha value is -3.94. The molecule has 0 saturated carbocycles. The third kappa shape index (κ3) is 6.80. The number of carbonyl (C=O) groups excluding carboxylic acids is 2. The van der Waals surface area contributed by atoms with Crippen LogP contribution in [0.4, 0.5) is 14.9 Å². The van der Waals surface area contributed by atoms with E-state index in [1.165, 1.54) is 30.5 Å². The first kappa shape index (κ1) is 22.7. The number of benzene rings is 2. The molecule has 0 aliphatic heterocycles. The van der Waals surface area contributed by atoms with E-state index in [4.69, 9.17) is 14.2 Å². The fourth-order valence-corrected chi connectivity index (χ4v) is 2.58. The Bertz CT molecular complexity index is 1100. The second kappa shape index (κ2) is 9.91. The molecule has 1 heterocycles. The maximum Gasteiger partial charge on any atom is 0.411 e. The van der Waals surface area contributed by atoms with Gasteiger partial charge in [0.1, 0.15) is 18.0 Å². The fourth-order valence-electron chi connectivity index (χ4n) is 2.58. The van der Waals surface area contributed by atoms with Crippen molar-refractivity contribution in [3.8, 4) is 11.5 Å². The molecule has 32 heavy (non-hydrogen) atoms. The van der Waals surface area contributed by atoms with Crippen LogP contribution >= 0.6 is 0 Å². The number of rotatable bonds is 6. The maximum atomic E-state index is 14.5. The van der Waals surface area contributed by atoms with E-state index in [9.17, 15) is 14.0 Å². The highest BCUT2D eigenvalue weighted by Crippen LogP contribution is 2.27. The quantitative estimate of drug-likeness (QED) is 0.496. The number of amides is 1. The van der Waals surface area contributed by atoms with Crippen LogP contribution in [-0.2, 0) is 16.1 Å². The Kier molecular flexibility index (Phi) is 7.04. The number of nitrogens with one attached hydrogen (secondary N) is 1. The Morgan fingerprint density at radius 1 is 1.03 bits per heavy atom. The average Bonchev–Trinajstić information content (AvgIpc) is 2.74. The minimum absolute atomic E-state index is 0.0391. The van der Waals surface area contributed by atoms with Crippen molar-refractivity contribution < 1.29 is 28.2 Å². The second-order valence-electron chi connectivity index (χ2n) is 7.81. The van der Waals surface area contributed by atoms with E-state index >= 15 is 0 Å². The van der Waals surface area contributed by atoms with Gasteiger partial charge >= 0.3 is 12.1 Å². The molecule has 0 saturated heterocycles. The predicted octanol–water partition coefficient (Wildman–Crippen LogP) is 5.72. The molecular weight excluding hydrogens is 415 g/mol. The summed E-state index contributed by atoms with van der Waals surface area (Å²) < 4.78 is 30.4. The standard InChI is InChI=1S/C24H23FN2O5/c1-24(2,3)32-22(28)20-14-18(11-12-26-20)31-21-10-9-17(13-19(21)25)27-23(29)30-15-16-7-5-4-6-8-16/h4-14H,15H2,1-3H3,(H,27,29). The van der Waals surface area contributed by atoms with Crippen LogP contribution in [0.25, 0.3) is 0 Å². The number of halogens is 1. The minimum atomic E-state index is -0.710. The normalized spacial score (nSPS) is 10.9. The molecule has 0 aliphatic rings. The largest absolute Gasteiger partial charge is 0.455 e. The predicted molar refractivity (Wildman–Crippen MR) is 116 cm³/mol. The Balaban J connectivity index is 1.61. The molecule has 1 aromatic heterocycles. The van der Waals surface area contributed by atoms with E-state index in [-0.39, 0.29) is 29.5 Å². The summed E-state index contributed by atoms with van der Waals surface area (Å²) in [4.78, 5) is 28.1. The van der Waals surface area contributed by atoms with Crippen molar-refractivity contribution in [2.24, 2.45) is 0 Å². The average molecular weight is 438 g/mol. The van der Waals surface area contributed by atoms with Gasteiger partial charge in [0.25, 0.3) is 0 Å². The van der Waals surface area contributed by atoms with Crippen LogP contribution in [0, 0.1) is 5.82 Å². The van der Waals surface area contributed by atoms with Gasteiger partial charge in [-0.25, -0.2) is 19.0 Å². The summed E-state index contributed by atoms with van der Waals surface area (Å²) in [6.07, 6.45) is 0.656. The van der Waals surface area contributed by atoms with Crippen LogP contribution in [0.5, 0.6) is 11.5 Å². The van der Waals surface area contributed by atoms with Crippen LogP contribution in [0.2, 0.25) is 0 Å². The Labute approximate surface area is 185 Å². The molecule has 8 heteroatoms. The van der Waals surface area contributed by atoms with Crippen LogP contribution in [0.15, 0.2) is 66.9 Å². The van der Waals surface area contributed by atoms with E-state index in [2.05, 4.69) is 10.3 Å². The third-order valence-corrected chi connectivity index (χ3v) is 3.96. The Morgan fingerprint density at radius 2 is 1.78 bits per heavy atom. The summed E-state index contributed by atoms with van der Waals surface area (Å²) in [7, 11) is 0. The first-order chi connectivity index (χ1) is 15.2. The number of anilines is 1. The van der Waals surface area contributed by atoms with Gasteiger partial charge in [-0.3, -0.25) is 5.32 Å². The van der Waals surface area contributed by atoms with Crippen molar-refractivity contribution >= 4 is 17.7 Å². The molecule has 3 rings (SSSR count). The summed E-state index contributed by atoms with van der Waals surface area (Å²) in [5.74, 6) is -1.20. The van der Waals surface area contributed by atoms with Gasteiger partial charge in [0.05, 0.1) is 0 Å². The van der Waals surface area contributed by atoms with Crippen LogP contribution in [0.1, 0.15) is 36.8 Å². The zero-order valence-electron chi connectivity index (χ0n) is 17.9. The molecule has 2 aromatic carbocycles. The summed E-state index contributed by atoms with van der Waals surface area (Å²) in [6.45, 7) is 5.33. The number of hydrogen-bond acceptors (Lipinski definition) is 6. The van der Waals surface area contributed by atoms with Crippen molar-refractivity contribution in [2.45, 2.75) is 33.0 Å². The molecule has 0 aliphatic carbocycles. The molecule has 0 unspecified atom stereocenters. The number of carbonyl (C=O) groups is 2. The highest BCUT2D eigenvalue weighted by atomic mass is 19.1. The summed E-state index contributed by atoms with van der Waals surface area (Å²) in [5, 5.41) is 2.46. The van der Waals surface area contributed by atoms with Gasteiger partial charge in [0.2, 0.25) is 0 Å². The number of esters is 1. The Morgan fingerprint density at radius 3 is 2.47 bits per heavy atom. The molecule has 1 amide bonds. The van der Waals surface area contributed by atoms with Crippen molar-refractivity contribution in [3.63, 3.8) is 0 Å². The lowest BCUT2D eigenvalue weighted by atomic mass is 10.2. The first-order valence-electron chi connectivity index (χ1n) is 9.84. The van der Waals surface area contributed by atoms with Gasteiger partial charge < -0.3 is 14.2 Å². The SMILES string of the molecule is CC(C)(C)OC(=O)c1cc(Oc2ccc(NC(=O)OCc3ccccc3)cc2F)ccn1. The number of aromatic nitrogens is 1. The van der Waals surface area contributed by atoms with Crippen molar-refractivity contribution in [1.29, 1.82) is 0 Å². The van der Waals surface area contributed by atoms with Gasteiger partial charge in [-0.05, 0) is 44.5 Å². The molecular formula is C24H23FN2O5. The van der Waals surface area contributed by atoms with Gasteiger partial charge in [-0.2, -0.15) is 0 Å². The molecule has 1 N–H and O–H groups in total. The summed E-state index contributed by atoms with van der Waals surface area (Å²) in [5.41, 5.74) is 0.405. The maximum absolute atomic E-state index is 14.5. The zero-order valence-corrected chi connectivity index (χ0v) is 17.9. The number of pyridine rings is 1. The van der Waals surface area contributed by atoms with Crippen molar-refractivity contribution in [3.05, 3.63) is 83.9 Å². The minimum Gasteiger partial charge on any atom is -0.455 e. The highest BCUT2D eigenvalue weighted by Gasteiger charge is 2.19. The van der Waals surface area contributed by atoms with Crippen LogP contribution in [-0.4, -0.2) is 22.6 Å². The van der Waals surface area contributed by atoms with Gasteiger partial charge in [-0.1, -0.05) is 30.3 Å². The molecule has 3 aromatic rings. The monoisotopic (exact) mass is 438 g/mol. The first-order valence-corrected chi connectivity index (χ1v) is 9.84. The van der Waals surface area contributed by atoms with Crippen molar-refractivity contribution in [2.75, 3.05) is 5.32 Å². The van der Waals surface area contributed by atoms with Crippen molar-refractivity contribution in [1.82, 2.24) is 4.98 Å². The topological polar surface area (TPSA) is 86.8 Å². The third-order valence-electron chi connectivity index (χ3n) is 3.96. The van der Waals surface area contributed by atoms with E-state index in [1.807, 2.05) is 30.3 Å². The molecule has 166 valence electrons. The smallest absolute Gasteiger partial charge is 0.411 e. The summed E-state index contributed by atoms with van der Waals surface area (Å²) in [6, 6.07) is 16.0. The number of hydrogen-bond donors (Lipinski definition) is 1. The molecule has 0 radical (unpaired) electrons.